The van der Waals surface area contributed by atoms with Crippen LogP contribution in [0.5, 0.6) is 0 Å². The zero-order valence-corrected chi connectivity index (χ0v) is 17.0. The maximum absolute atomic E-state index is 11.7. The summed E-state index contributed by atoms with van der Waals surface area (Å²) in [6.45, 7) is 4.88. The summed E-state index contributed by atoms with van der Waals surface area (Å²) in [7, 11) is 0. The van der Waals surface area contributed by atoms with Crippen molar-refractivity contribution in [3.63, 3.8) is 0 Å². The Morgan fingerprint density at radius 3 is 1.52 bits per heavy atom. The molecule has 148 valence electrons. The average molecular weight is 355 g/mol. The summed E-state index contributed by atoms with van der Waals surface area (Å²) >= 11 is 0. The number of ether oxygens (including phenoxy) is 1. The fraction of sp³-hybridized carbons (Fsp3) is 0.909. The van der Waals surface area contributed by atoms with Crippen molar-refractivity contribution in [1.29, 1.82) is 0 Å². The molecule has 0 N–H and O–H groups in total. The molecule has 0 aromatic heterocycles. The second kappa shape index (κ2) is 19.5. The molecule has 0 aromatic carbocycles. The highest BCUT2D eigenvalue weighted by molar-refractivity contribution is 5.78. The number of carbonyl (C=O) groups is 2. The van der Waals surface area contributed by atoms with Crippen LogP contribution in [0.1, 0.15) is 123 Å². The molecule has 0 aliphatic rings. The molecular weight excluding hydrogens is 312 g/mol. The Kier molecular flexibility index (Phi) is 18.8. The lowest BCUT2D eigenvalue weighted by atomic mass is 10.0. The smallest absolute Gasteiger partial charge is 0.305 e. The van der Waals surface area contributed by atoms with Gasteiger partial charge in [0.05, 0.1) is 6.61 Å². The molecule has 0 aliphatic heterocycles. The third-order valence-electron chi connectivity index (χ3n) is 4.66. The predicted octanol–water partition coefficient (Wildman–Crippen LogP) is 6.77. The molecule has 0 atom stereocenters. The van der Waals surface area contributed by atoms with Gasteiger partial charge in [-0.2, -0.15) is 0 Å². The number of esters is 1. The molecule has 0 saturated heterocycles. The number of carbonyl (C=O) groups excluding carboxylic acids is 2. The Morgan fingerprint density at radius 1 is 0.560 bits per heavy atom. The van der Waals surface area contributed by atoms with Gasteiger partial charge in [0.25, 0.3) is 0 Å². The van der Waals surface area contributed by atoms with Gasteiger partial charge >= 0.3 is 5.97 Å². The van der Waals surface area contributed by atoms with Crippen LogP contribution in [0, 0.1) is 0 Å². The molecule has 0 radical (unpaired) electrons. The minimum Gasteiger partial charge on any atom is -0.466 e. The van der Waals surface area contributed by atoms with E-state index in [2.05, 4.69) is 13.8 Å². The molecule has 3 nitrogen and oxygen atoms in total. The van der Waals surface area contributed by atoms with E-state index in [9.17, 15) is 9.59 Å². The van der Waals surface area contributed by atoms with Crippen LogP contribution in [-0.2, 0) is 14.3 Å². The van der Waals surface area contributed by atoms with Gasteiger partial charge in [-0.15, -0.1) is 0 Å². The van der Waals surface area contributed by atoms with E-state index in [-0.39, 0.29) is 5.97 Å². The van der Waals surface area contributed by atoms with Gasteiger partial charge in [0.1, 0.15) is 5.78 Å². The third kappa shape index (κ3) is 19.3. The second-order valence-corrected chi connectivity index (χ2v) is 7.25. The lowest BCUT2D eigenvalue weighted by molar-refractivity contribution is -0.143. The van der Waals surface area contributed by atoms with E-state index in [1.54, 1.807) is 0 Å². The normalized spacial score (nSPS) is 10.8. The van der Waals surface area contributed by atoms with Crippen molar-refractivity contribution >= 4 is 11.8 Å². The zero-order valence-electron chi connectivity index (χ0n) is 17.0. The van der Waals surface area contributed by atoms with Gasteiger partial charge in [0.15, 0.2) is 0 Å². The molecular formula is C22H42O3. The van der Waals surface area contributed by atoms with Crippen LogP contribution < -0.4 is 0 Å². The molecule has 0 saturated carbocycles. The highest BCUT2D eigenvalue weighted by atomic mass is 16.5. The minimum atomic E-state index is -0.0344. The lowest BCUT2D eigenvalue weighted by Gasteiger charge is -2.04. The van der Waals surface area contributed by atoms with Gasteiger partial charge < -0.3 is 4.74 Å². The Hall–Kier alpha value is -0.860. The van der Waals surface area contributed by atoms with Gasteiger partial charge in [-0.1, -0.05) is 78.1 Å². The first-order valence-electron chi connectivity index (χ1n) is 10.9. The van der Waals surface area contributed by atoms with Gasteiger partial charge in [-0.3, -0.25) is 9.59 Å². The van der Waals surface area contributed by atoms with Gasteiger partial charge in [0, 0.05) is 19.3 Å². The fourth-order valence-electron chi connectivity index (χ4n) is 2.93. The van der Waals surface area contributed by atoms with Crippen molar-refractivity contribution < 1.29 is 14.3 Å². The van der Waals surface area contributed by atoms with Crippen LogP contribution in [0.3, 0.4) is 0 Å². The largest absolute Gasteiger partial charge is 0.466 e. The van der Waals surface area contributed by atoms with Crippen LogP contribution in [0.25, 0.3) is 0 Å². The molecule has 0 unspecified atom stereocenters. The molecule has 0 heterocycles. The van der Waals surface area contributed by atoms with Crippen LogP contribution in [0.2, 0.25) is 0 Å². The maximum atomic E-state index is 11.7. The van der Waals surface area contributed by atoms with E-state index >= 15 is 0 Å². The monoisotopic (exact) mass is 354 g/mol. The van der Waals surface area contributed by atoms with Gasteiger partial charge in [0.2, 0.25) is 0 Å². The summed E-state index contributed by atoms with van der Waals surface area (Å²) in [4.78, 5) is 23.1. The van der Waals surface area contributed by atoms with Crippen LogP contribution in [0.15, 0.2) is 0 Å². The van der Waals surface area contributed by atoms with E-state index in [0.29, 0.717) is 18.8 Å². The van der Waals surface area contributed by atoms with Gasteiger partial charge in [-0.05, 0) is 25.7 Å². The van der Waals surface area contributed by atoms with E-state index < -0.39 is 0 Å². The lowest BCUT2D eigenvalue weighted by Crippen LogP contribution is -2.05. The van der Waals surface area contributed by atoms with E-state index in [1.807, 2.05) is 0 Å². The first-order valence-corrected chi connectivity index (χ1v) is 10.9. The van der Waals surface area contributed by atoms with E-state index in [1.165, 1.54) is 51.4 Å². The maximum Gasteiger partial charge on any atom is 0.305 e. The SMILES string of the molecule is CCCCCCC(=O)CCCCCCCCCCC(=O)OCCCC. The molecule has 0 aromatic rings. The molecule has 25 heavy (non-hydrogen) atoms. The number of hydrogen-bond donors (Lipinski definition) is 0. The Bertz CT molecular complexity index is 312. The molecule has 0 aliphatic carbocycles. The van der Waals surface area contributed by atoms with Crippen molar-refractivity contribution in [2.75, 3.05) is 6.61 Å². The predicted molar refractivity (Wildman–Crippen MR) is 106 cm³/mol. The van der Waals surface area contributed by atoms with Crippen LogP contribution in [-0.4, -0.2) is 18.4 Å². The molecule has 0 amide bonds. The molecule has 0 fully saturated rings. The fourth-order valence-corrected chi connectivity index (χ4v) is 2.93. The Balaban J connectivity index is 3.20. The second-order valence-electron chi connectivity index (χ2n) is 7.25. The topological polar surface area (TPSA) is 43.4 Å². The standard InChI is InChI=1S/C22H42O3/c1-3-5-7-14-17-21(23)18-15-12-10-8-9-11-13-16-19-22(24)25-20-6-4-2/h3-20H2,1-2H3. The number of Topliss-reactive ketones (excluding diaryl/α,β-unsaturated/α-hetero) is 1. The zero-order chi connectivity index (χ0) is 18.6. The van der Waals surface area contributed by atoms with Crippen LogP contribution >= 0.6 is 0 Å². The number of hydrogen-bond acceptors (Lipinski definition) is 3. The molecule has 0 rings (SSSR count). The summed E-state index contributed by atoms with van der Waals surface area (Å²) in [5, 5.41) is 0. The van der Waals surface area contributed by atoms with Crippen molar-refractivity contribution in [3.8, 4) is 0 Å². The summed E-state index contributed by atoms with van der Waals surface area (Å²) in [5.41, 5.74) is 0. The summed E-state index contributed by atoms with van der Waals surface area (Å²) in [6.07, 6.45) is 18.2. The minimum absolute atomic E-state index is 0.0344. The first kappa shape index (κ1) is 24.1. The third-order valence-corrected chi connectivity index (χ3v) is 4.66. The highest BCUT2D eigenvalue weighted by Crippen LogP contribution is 2.12. The number of rotatable bonds is 19. The molecule has 0 bridgehead atoms. The Morgan fingerprint density at radius 2 is 1.00 bits per heavy atom. The average Bonchev–Trinajstić information content (AvgIpc) is 2.60. The summed E-state index contributed by atoms with van der Waals surface area (Å²) < 4.78 is 5.14. The van der Waals surface area contributed by atoms with Crippen LogP contribution in [0.4, 0.5) is 0 Å². The quantitative estimate of drug-likeness (QED) is 0.190. The summed E-state index contributed by atoms with van der Waals surface area (Å²) in [5.74, 6) is 0.426. The van der Waals surface area contributed by atoms with E-state index in [0.717, 1.165) is 51.4 Å². The highest BCUT2D eigenvalue weighted by Gasteiger charge is 2.03. The number of unbranched alkanes of at least 4 members (excludes halogenated alkanes) is 11. The van der Waals surface area contributed by atoms with Gasteiger partial charge in [-0.25, -0.2) is 0 Å². The van der Waals surface area contributed by atoms with Crippen molar-refractivity contribution in [2.45, 2.75) is 123 Å². The summed E-state index contributed by atoms with van der Waals surface area (Å²) in [6, 6.07) is 0. The Labute approximate surface area is 156 Å². The number of ketones is 1. The van der Waals surface area contributed by atoms with Crippen molar-refractivity contribution in [3.05, 3.63) is 0 Å². The first-order chi connectivity index (χ1) is 12.2. The molecule has 3 heteroatoms. The van der Waals surface area contributed by atoms with E-state index in [4.69, 9.17) is 4.74 Å². The van der Waals surface area contributed by atoms with Crippen molar-refractivity contribution in [1.82, 2.24) is 0 Å². The van der Waals surface area contributed by atoms with Crippen molar-refractivity contribution in [2.24, 2.45) is 0 Å². The molecule has 0 spiro atoms.